The van der Waals surface area contributed by atoms with Crippen LogP contribution in [0.3, 0.4) is 0 Å². The minimum atomic E-state index is -2.88. The second-order valence-corrected chi connectivity index (χ2v) is 31.0. The molecule has 0 aliphatic rings. The van der Waals surface area contributed by atoms with E-state index >= 15 is 0 Å². The number of hydrogen-bond acceptors (Lipinski definition) is 7. The summed E-state index contributed by atoms with van der Waals surface area (Å²) in [6, 6.07) is 0. The van der Waals surface area contributed by atoms with Gasteiger partial charge in [-0.1, -0.05) is 13.5 Å². The van der Waals surface area contributed by atoms with Gasteiger partial charge in [0, 0.05) is 0 Å². The maximum Gasteiger partial charge on any atom is 0.335 e. The van der Waals surface area contributed by atoms with E-state index in [1.807, 2.05) is 6.92 Å². The van der Waals surface area contributed by atoms with E-state index in [4.69, 9.17) is 26.9 Å². The molecule has 0 amide bonds. The van der Waals surface area contributed by atoms with E-state index in [0.29, 0.717) is 16.1 Å². The van der Waals surface area contributed by atoms with Crippen molar-refractivity contribution in [3.63, 3.8) is 0 Å². The van der Waals surface area contributed by atoms with Crippen LogP contribution in [0.15, 0.2) is 12.2 Å². The molecule has 33 heavy (non-hydrogen) atoms. The first-order valence-electron chi connectivity index (χ1n) is 11.7. The summed E-state index contributed by atoms with van der Waals surface area (Å²) in [7, 11) is -7.96. The first-order valence-corrected chi connectivity index (χ1v) is 26.8. The predicted molar refractivity (Wildman–Crippen MR) is 154 cm³/mol. The van der Waals surface area contributed by atoms with Gasteiger partial charge in [0.25, 0.3) is 8.32 Å². The van der Waals surface area contributed by atoms with Crippen LogP contribution in [0.2, 0.25) is 72.0 Å². The predicted octanol–water partition coefficient (Wildman–Crippen LogP) is 2.82. The third-order valence-electron chi connectivity index (χ3n) is 4.52. The highest BCUT2D eigenvalue weighted by Crippen LogP contribution is 2.39. The summed E-state index contributed by atoms with van der Waals surface area (Å²) < 4.78 is 38.4. The first-order chi connectivity index (χ1) is 14.6. The Hall–Kier alpha value is 0.311. The molecular weight excluding hydrogens is 521 g/mol. The molecule has 2 unspecified atom stereocenters. The van der Waals surface area contributed by atoms with Crippen molar-refractivity contribution in [3.05, 3.63) is 12.2 Å². The van der Waals surface area contributed by atoms with Crippen molar-refractivity contribution in [1.82, 2.24) is 0 Å². The Balaban J connectivity index is 6.33. The van der Waals surface area contributed by atoms with Gasteiger partial charge in [0.2, 0.25) is 5.41 Å². The Morgan fingerprint density at radius 2 is 1.36 bits per heavy atom. The van der Waals surface area contributed by atoms with Gasteiger partial charge in [-0.25, -0.2) is 4.79 Å². The second-order valence-electron chi connectivity index (χ2n) is 11.9. The summed E-state index contributed by atoms with van der Waals surface area (Å²) in [6.07, 6.45) is 0.110. The average molecular weight is 571 g/mol. The van der Waals surface area contributed by atoms with Crippen LogP contribution < -0.4 is 0 Å². The van der Waals surface area contributed by atoms with Gasteiger partial charge in [0.1, 0.15) is 10.5 Å². The zero-order valence-electron chi connectivity index (χ0n) is 23.6. The molecule has 0 aromatic rings. The second kappa shape index (κ2) is 12.5. The van der Waals surface area contributed by atoms with Crippen LogP contribution in [0.25, 0.3) is 0 Å². The molecule has 0 aromatic carbocycles. The lowest BCUT2D eigenvalue weighted by Gasteiger charge is -2.53. The molecule has 0 N–H and O–H groups in total. The van der Waals surface area contributed by atoms with Crippen LogP contribution in [0.4, 0.5) is 0 Å². The van der Waals surface area contributed by atoms with E-state index in [9.17, 15) is 4.79 Å². The summed E-state index contributed by atoms with van der Waals surface area (Å²) >= 11 is 0. The van der Waals surface area contributed by atoms with Gasteiger partial charge in [-0.2, -0.15) is 0 Å². The maximum atomic E-state index is 12.5. The smallest absolute Gasteiger partial charge is 0.335 e. The van der Waals surface area contributed by atoms with Crippen LogP contribution in [-0.2, 0) is 31.7 Å². The monoisotopic (exact) mass is 570 g/mol. The summed E-state index contributed by atoms with van der Waals surface area (Å²) in [5.41, 5.74) is -0.899. The van der Waals surface area contributed by atoms with E-state index in [2.05, 4.69) is 78.6 Å². The molecule has 0 saturated heterocycles. The largest absolute Gasteiger partial charge is 0.464 e. The minimum absolute atomic E-state index is 0.0305. The fraction of sp³-hybridized carbons (Fsp3) is 0.850. The van der Waals surface area contributed by atoms with Gasteiger partial charge < -0.3 is 26.9 Å². The lowest BCUT2D eigenvalue weighted by Crippen LogP contribution is -2.73. The van der Waals surface area contributed by atoms with Gasteiger partial charge in [-0.15, -0.1) is 0 Å². The van der Waals surface area contributed by atoms with Gasteiger partial charge in [0.15, 0.2) is 31.2 Å². The lowest BCUT2D eigenvalue weighted by molar-refractivity contribution is -0.211. The molecule has 0 rings (SSSR count). The van der Waals surface area contributed by atoms with Crippen LogP contribution in [-0.4, -0.2) is 84.0 Å². The van der Waals surface area contributed by atoms with Crippen LogP contribution in [0.5, 0.6) is 0 Å². The number of carbonyl (C=O) groups is 1. The quantitative estimate of drug-likeness (QED) is 0.130. The van der Waals surface area contributed by atoms with Gasteiger partial charge in [0.05, 0.1) is 28.1 Å². The summed E-state index contributed by atoms with van der Waals surface area (Å²) in [5.74, 6) is -0.404. The topological polar surface area (TPSA) is 72.5 Å². The number of hydrogen-bond donors (Lipinski definition) is 0. The molecule has 0 aromatic heterocycles. The molecule has 0 spiro atoms. The summed E-state index contributed by atoms with van der Waals surface area (Å²) in [4.78, 5) is 12.5. The average Bonchev–Trinajstić information content (AvgIpc) is 2.59. The molecule has 0 saturated carbocycles. The molecule has 0 aliphatic carbocycles. The van der Waals surface area contributed by atoms with E-state index < -0.39 is 50.9 Å². The fourth-order valence-electron chi connectivity index (χ4n) is 2.93. The maximum absolute atomic E-state index is 12.5. The molecule has 13 heteroatoms. The van der Waals surface area contributed by atoms with Crippen molar-refractivity contribution >= 4 is 60.0 Å². The SMILES string of the molecule is C=C(CO[Si](C)(C)C(O[Si](C)(C)C)(O[Si](C)(C)C)C(O[SiH3])O[Si](C)(C)C)C(=O)OC([SiH3])CC. The molecule has 0 heterocycles. The molecule has 2 atom stereocenters. The van der Waals surface area contributed by atoms with Gasteiger partial charge >= 0.3 is 5.97 Å². The standard InChI is InChI=1S/C20H50O7Si6/c1-14-17(28)23-18(21)16(2)15-22-33(12,13)20(26-31(6,7)8,27-32(9,10)11)19(24-29)25-30(3,4)5/h17,19H,2,14-15H2,1,3-13,28-29H3. The zero-order chi connectivity index (χ0) is 26.5. The van der Waals surface area contributed by atoms with Crippen molar-refractivity contribution in [2.24, 2.45) is 0 Å². The molecule has 0 bridgehead atoms. The lowest BCUT2D eigenvalue weighted by atomic mass is 10.3. The Morgan fingerprint density at radius 1 is 0.909 bits per heavy atom. The first kappa shape index (κ1) is 33.3. The third kappa shape index (κ3) is 11.7. The van der Waals surface area contributed by atoms with Crippen LogP contribution in [0, 0.1) is 0 Å². The van der Waals surface area contributed by atoms with Crippen LogP contribution in [0.1, 0.15) is 13.3 Å². The number of ether oxygens (including phenoxy) is 1. The Labute approximate surface area is 212 Å². The molecule has 0 fully saturated rings. The molecular formula is C20H50O7Si6. The van der Waals surface area contributed by atoms with Gasteiger partial charge in [-0.3, -0.25) is 0 Å². The van der Waals surface area contributed by atoms with Crippen molar-refractivity contribution in [3.8, 4) is 0 Å². The van der Waals surface area contributed by atoms with Crippen molar-refractivity contribution in [2.75, 3.05) is 6.61 Å². The van der Waals surface area contributed by atoms with Crippen LogP contribution >= 0.6 is 0 Å². The highest BCUT2D eigenvalue weighted by atomic mass is 28.4. The minimum Gasteiger partial charge on any atom is -0.464 e. The van der Waals surface area contributed by atoms with E-state index in [1.54, 1.807) is 0 Å². The molecule has 0 radical (unpaired) electrons. The summed E-state index contributed by atoms with van der Waals surface area (Å²) in [5, 5.41) is 0. The zero-order valence-corrected chi connectivity index (χ0v) is 31.6. The highest BCUT2D eigenvalue weighted by molar-refractivity contribution is 6.79. The van der Waals surface area contributed by atoms with Gasteiger partial charge in [-0.05, 0) is 78.4 Å². The van der Waals surface area contributed by atoms with E-state index in [1.165, 1.54) is 0 Å². The number of rotatable bonds is 15. The number of carbonyl (C=O) groups excluding carboxylic acids is 1. The molecule has 7 nitrogen and oxygen atoms in total. The van der Waals surface area contributed by atoms with E-state index in [0.717, 1.165) is 16.7 Å². The Bertz CT molecular complexity index is 637. The van der Waals surface area contributed by atoms with E-state index in [-0.39, 0.29) is 12.3 Å². The van der Waals surface area contributed by atoms with Crippen molar-refractivity contribution in [2.45, 2.75) is 103 Å². The normalized spacial score (nSPS) is 16.0. The summed E-state index contributed by atoms with van der Waals surface area (Å²) in [6.45, 7) is 29.2. The fourth-order valence-corrected chi connectivity index (χ4v) is 12.5. The van der Waals surface area contributed by atoms with Crippen molar-refractivity contribution < 1.29 is 31.7 Å². The molecule has 0 aliphatic heterocycles. The third-order valence-corrected chi connectivity index (χ3v) is 12.1. The Kier molecular flexibility index (Phi) is 12.6. The number of esters is 1. The molecule has 196 valence electrons. The van der Waals surface area contributed by atoms with Crippen molar-refractivity contribution in [1.29, 1.82) is 0 Å². The Morgan fingerprint density at radius 3 is 1.70 bits per heavy atom. The highest BCUT2D eigenvalue weighted by Gasteiger charge is 2.61.